The van der Waals surface area contributed by atoms with Crippen LogP contribution in [0.15, 0.2) is 28.7 Å². The molecule has 1 saturated heterocycles. The van der Waals surface area contributed by atoms with Crippen molar-refractivity contribution in [3.8, 4) is 0 Å². The van der Waals surface area contributed by atoms with Crippen LogP contribution in [-0.4, -0.2) is 28.9 Å². The van der Waals surface area contributed by atoms with Gasteiger partial charge in [0.2, 0.25) is 0 Å². The number of amides is 1. The van der Waals surface area contributed by atoms with E-state index in [0.29, 0.717) is 5.92 Å². The Bertz CT molecular complexity index is 678. The summed E-state index contributed by atoms with van der Waals surface area (Å²) in [5.41, 5.74) is 2.52. The van der Waals surface area contributed by atoms with Crippen molar-refractivity contribution in [2.45, 2.75) is 20.3 Å². The molecule has 0 spiro atoms. The molecule has 1 aliphatic rings. The third-order valence-corrected chi connectivity index (χ3v) is 4.33. The van der Waals surface area contributed by atoms with Crippen molar-refractivity contribution in [1.82, 2.24) is 9.88 Å². The molecule has 0 saturated carbocycles. The van der Waals surface area contributed by atoms with Crippen LogP contribution in [0, 0.1) is 12.8 Å². The van der Waals surface area contributed by atoms with Gasteiger partial charge in [-0.05, 0) is 37.5 Å². The van der Waals surface area contributed by atoms with Crippen LogP contribution in [0.4, 0.5) is 0 Å². The Kier molecular flexibility index (Phi) is 3.50. The first-order chi connectivity index (χ1) is 9.54. The van der Waals surface area contributed by atoms with E-state index in [1.807, 2.05) is 36.1 Å². The second kappa shape index (κ2) is 5.17. The maximum atomic E-state index is 12.7. The number of carbonyl (C=O) groups is 1. The fourth-order valence-corrected chi connectivity index (χ4v) is 3.15. The van der Waals surface area contributed by atoms with Crippen LogP contribution in [0.3, 0.4) is 0 Å². The summed E-state index contributed by atoms with van der Waals surface area (Å²) in [5.74, 6) is 0.731. The first-order valence-electron chi connectivity index (χ1n) is 6.91. The predicted octanol–water partition coefficient (Wildman–Crippen LogP) is 3.79. The average molecular weight is 333 g/mol. The SMILES string of the molecule is Cc1cc(C(=O)N2CC[C@H](C)C2)c2ccc(Br)cc2n1. The molecule has 1 aromatic heterocycles. The van der Waals surface area contributed by atoms with Gasteiger partial charge in [0.15, 0.2) is 0 Å². The van der Waals surface area contributed by atoms with E-state index >= 15 is 0 Å². The number of benzene rings is 1. The molecule has 3 nitrogen and oxygen atoms in total. The van der Waals surface area contributed by atoms with E-state index < -0.39 is 0 Å². The van der Waals surface area contributed by atoms with E-state index in [-0.39, 0.29) is 5.91 Å². The van der Waals surface area contributed by atoms with E-state index in [1.165, 1.54) is 0 Å². The fraction of sp³-hybridized carbons (Fsp3) is 0.375. The van der Waals surface area contributed by atoms with E-state index in [9.17, 15) is 4.79 Å². The lowest BCUT2D eigenvalue weighted by molar-refractivity contribution is 0.0790. The van der Waals surface area contributed by atoms with Crippen molar-refractivity contribution >= 4 is 32.7 Å². The lowest BCUT2D eigenvalue weighted by atomic mass is 10.1. The first-order valence-corrected chi connectivity index (χ1v) is 7.70. The largest absolute Gasteiger partial charge is 0.338 e. The molecule has 0 radical (unpaired) electrons. The highest BCUT2D eigenvalue weighted by Crippen LogP contribution is 2.25. The number of hydrogen-bond acceptors (Lipinski definition) is 2. The summed E-state index contributed by atoms with van der Waals surface area (Å²) >= 11 is 3.46. The molecular formula is C16H17BrN2O. The number of likely N-dealkylation sites (tertiary alicyclic amines) is 1. The zero-order valence-electron chi connectivity index (χ0n) is 11.7. The predicted molar refractivity (Wildman–Crippen MR) is 83.9 cm³/mol. The van der Waals surface area contributed by atoms with Gasteiger partial charge in [0, 0.05) is 28.6 Å². The quantitative estimate of drug-likeness (QED) is 0.796. The van der Waals surface area contributed by atoms with Crippen molar-refractivity contribution in [3.63, 3.8) is 0 Å². The van der Waals surface area contributed by atoms with Crippen molar-refractivity contribution in [2.75, 3.05) is 13.1 Å². The third-order valence-electron chi connectivity index (χ3n) is 3.84. The van der Waals surface area contributed by atoms with Crippen LogP contribution < -0.4 is 0 Å². The number of nitrogens with zero attached hydrogens (tertiary/aromatic N) is 2. The minimum Gasteiger partial charge on any atom is -0.338 e. The van der Waals surface area contributed by atoms with Crippen LogP contribution in [0.25, 0.3) is 10.9 Å². The molecule has 4 heteroatoms. The zero-order chi connectivity index (χ0) is 14.3. The third kappa shape index (κ3) is 2.44. The minimum atomic E-state index is 0.132. The van der Waals surface area contributed by atoms with Gasteiger partial charge in [-0.3, -0.25) is 9.78 Å². The number of fused-ring (bicyclic) bond motifs is 1. The maximum absolute atomic E-state index is 12.7. The Morgan fingerprint density at radius 1 is 1.40 bits per heavy atom. The van der Waals surface area contributed by atoms with Crippen LogP contribution in [0.2, 0.25) is 0 Å². The molecule has 1 atom stereocenters. The molecule has 3 rings (SSSR count). The van der Waals surface area contributed by atoms with E-state index in [0.717, 1.165) is 46.1 Å². The first kappa shape index (κ1) is 13.6. The Morgan fingerprint density at radius 2 is 2.20 bits per heavy atom. The van der Waals surface area contributed by atoms with Gasteiger partial charge >= 0.3 is 0 Å². The summed E-state index contributed by atoms with van der Waals surface area (Å²) in [6.45, 7) is 5.85. The standard InChI is InChI=1S/C16H17BrN2O/c1-10-5-6-19(9-10)16(20)14-7-11(2)18-15-8-12(17)3-4-13(14)15/h3-4,7-8,10H,5-6,9H2,1-2H3/t10-/m0/s1. The Morgan fingerprint density at radius 3 is 2.90 bits per heavy atom. The molecule has 2 heterocycles. The number of hydrogen-bond donors (Lipinski definition) is 0. The lowest BCUT2D eigenvalue weighted by Gasteiger charge is -2.17. The zero-order valence-corrected chi connectivity index (χ0v) is 13.3. The molecule has 0 unspecified atom stereocenters. The molecule has 0 aliphatic carbocycles. The summed E-state index contributed by atoms with van der Waals surface area (Å²) < 4.78 is 0.983. The number of carbonyl (C=O) groups excluding carboxylic acids is 1. The van der Waals surface area contributed by atoms with E-state index in [4.69, 9.17) is 0 Å². The van der Waals surface area contributed by atoms with Crippen LogP contribution in [-0.2, 0) is 0 Å². The summed E-state index contributed by atoms with van der Waals surface area (Å²) in [5, 5.41) is 0.934. The number of pyridine rings is 1. The van der Waals surface area contributed by atoms with E-state index in [1.54, 1.807) is 0 Å². The van der Waals surface area contributed by atoms with Crippen molar-refractivity contribution in [3.05, 3.63) is 40.0 Å². The second-order valence-corrected chi connectivity index (χ2v) is 6.53. The Labute approximate surface area is 127 Å². The molecule has 0 N–H and O–H groups in total. The summed E-state index contributed by atoms with van der Waals surface area (Å²) in [4.78, 5) is 19.2. The molecule has 1 aromatic carbocycles. The molecule has 2 aromatic rings. The molecule has 1 aliphatic heterocycles. The molecule has 0 bridgehead atoms. The number of halogens is 1. The van der Waals surface area contributed by atoms with Gasteiger partial charge in [0.1, 0.15) is 0 Å². The lowest BCUT2D eigenvalue weighted by Crippen LogP contribution is -2.28. The Hall–Kier alpha value is -1.42. The highest BCUT2D eigenvalue weighted by molar-refractivity contribution is 9.10. The maximum Gasteiger partial charge on any atom is 0.254 e. The fourth-order valence-electron chi connectivity index (χ4n) is 2.80. The number of aromatic nitrogens is 1. The Balaban J connectivity index is 2.08. The van der Waals surface area contributed by atoms with Crippen molar-refractivity contribution in [2.24, 2.45) is 5.92 Å². The smallest absolute Gasteiger partial charge is 0.254 e. The van der Waals surface area contributed by atoms with Gasteiger partial charge in [0.05, 0.1) is 11.1 Å². The van der Waals surface area contributed by atoms with Crippen LogP contribution in [0.1, 0.15) is 29.4 Å². The monoisotopic (exact) mass is 332 g/mol. The van der Waals surface area contributed by atoms with Crippen molar-refractivity contribution in [1.29, 1.82) is 0 Å². The number of aryl methyl sites for hydroxylation is 1. The van der Waals surface area contributed by atoms with Gasteiger partial charge < -0.3 is 4.90 Å². The second-order valence-electron chi connectivity index (χ2n) is 5.62. The molecule has 104 valence electrons. The molecular weight excluding hydrogens is 316 g/mol. The molecule has 1 fully saturated rings. The van der Waals surface area contributed by atoms with E-state index in [2.05, 4.69) is 27.8 Å². The topological polar surface area (TPSA) is 33.2 Å². The molecule has 20 heavy (non-hydrogen) atoms. The minimum absolute atomic E-state index is 0.132. The number of rotatable bonds is 1. The summed E-state index contributed by atoms with van der Waals surface area (Å²) in [6, 6.07) is 7.80. The highest BCUT2D eigenvalue weighted by atomic mass is 79.9. The van der Waals surface area contributed by atoms with Gasteiger partial charge in [-0.2, -0.15) is 0 Å². The average Bonchev–Trinajstić information content (AvgIpc) is 2.83. The van der Waals surface area contributed by atoms with Gasteiger partial charge in [-0.1, -0.05) is 28.9 Å². The van der Waals surface area contributed by atoms with Crippen molar-refractivity contribution < 1.29 is 4.79 Å². The van der Waals surface area contributed by atoms with Gasteiger partial charge in [-0.15, -0.1) is 0 Å². The summed E-state index contributed by atoms with van der Waals surface area (Å²) in [7, 11) is 0. The van der Waals surface area contributed by atoms with Gasteiger partial charge in [0.25, 0.3) is 5.91 Å². The normalized spacial score (nSPS) is 18.8. The van der Waals surface area contributed by atoms with Crippen LogP contribution in [0.5, 0.6) is 0 Å². The highest BCUT2D eigenvalue weighted by Gasteiger charge is 2.25. The molecule has 1 amide bonds. The van der Waals surface area contributed by atoms with Crippen LogP contribution >= 0.6 is 15.9 Å². The summed E-state index contributed by atoms with van der Waals surface area (Å²) in [6.07, 6.45) is 1.10. The van der Waals surface area contributed by atoms with Gasteiger partial charge in [-0.25, -0.2) is 0 Å².